The minimum atomic E-state index is -3.85. The average Bonchev–Trinajstić information content (AvgIpc) is 2.71. The Morgan fingerprint density at radius 1 is 1.00 bits per heavy atom. The highest BCUT2D eigenvalue weighted by Crippen LogP contribution is 2.23. The number of rotatable bonds is 6. The van der Waals surface area contributed by atoms with Crippen molar-refractivity contribution < 1.29 is 18.1 Å². The topological polar surface area (TPSA) is 118 Å². The second-order valence-corrected chi connectivity index (χ2v) is 8.45. The molecule has 30 heavy (non-hydrogen) atoms. The highest BCUT2D eigenvalue weighted by molar-refractivity contribution is 7.92. The molecule has 0 radical (unpaired) electrons. The van der Waals surface area contributed by atoms with Gasteiger partial charge in [0.1, 0.15) is 0 Å². The third-order valence-corrected chi connectivity index (χ3v) is 5.97. The van der Waals surface area contributed by atoms with E-state index < -0.39 is 20.9 Å². The Bertz CT molecular complexity index is 1230. The largest absolute Gasteiger partial charge is 0.322 e. The predicted molar refractivity (Wildman–Crippen MR) is 114 cm³/mol. The standard InChI is InChI=1S/C20H16ClN3O5S/c1-13-5-6-16(12-19(13)21)23-30(28,29)18-9-7-15(8-10-18)22-20(25)14-3-2-4-17(11-14)24(26)27/h2-12,23H,1H3,(H,22,25). The number of anilines is 2. The number of hydrogen-bond acceptors (Lipinski definition) is 5. The molecule has 0 aliphatic carbocycles. The fourth-order valence-corrected chi connectivity index (χ4v) is 3.78. The van der Waals surface area contributed by atoms with Gasteiger partial charge in [-0.25, -0.2) is 8.42 Å². The van der Waals surface area contributed by atoms with E-state index in [0.717, 1.165) is 11.6 Å². The third kappa shape index (κ3) is 4.94. The molecule has 2 N–H and O–H groups in total. The summed E-state index contributed by atoms with van der Waals surface area (Å²) in [6.45, 7) is 1.81. The Balaban J connectivity index is 1.73. The molecule has 10 heteroatoms. The third-order valence-electron chi connectivity index (χ3n) is 4.17. The zero-order chi connectivity index (χ0) is 21.9. The van der Waals surface area contributed by atoms with Gasteiger partial charge < -0.3 is 5.32 Å². The molecule has 154 valence electrons. The van der Waals surface area contributed by atoms with Crippen molar-refractivity contribution in [2.45, 2.75) is 11.8 Å². The van der Waals surface area contributed by atoms with E-state index in [4.69, 9.17) is 11.6 Å². The molecule has 3 rings (SSSR count). The van der Waals surface area contributed by atoms with Crippen molar-refractivity contribution in [3.8, 4) is 0 Å². The number of carbonyl (C=O) groups excluding carboxylic acids is 1. The number of nitro benzene ring substituents is 1. The van der Waals surface area contributed by atoms with Crippen LogP contribution in [0.15, 0.2) is 71.6 Å². The number of sulfonamides is 1. The normalized spacial score (nSPS) is 11.0. The van der Waals surface area contributed by atoms with Crippen molar-refractivity contribution in [2.75, 3.05) is 10.0 Å². The van der Waals surface area contributed by atoms with Gasteiger partial charge in [-0.3, -0.25) is 19.6 Å². The first-order chi connectivity index (χ1) is 14.2. The number of nitrogens with zero attached hydrogens (tertiary/aromatic N) is 1. The van der Waals surface area contributed by atoms with Gasteiger partial charge in [-0.2, -0.15) is 0 Å². The summed E-state index contributed by atoms with van der Waals surface area (Å²) in [5, 5.41) is 13.8. The fourth-order valence-electron chi connectivity index (χ4n) is 2.55. The van der Waals surface area contributed by atoms with Gasteiger partial charge in [-0.05, 0) is 55.0 Å². The van der Waals surface area contributed by atoms with Crippen LogP contribution < -0.4 is 10.0 Å². The number of halogens is 1. The zero-order valence-electron chi connectivity index (χ0n) is 15.6. The van der Waals surface area contributed by atoms with E-state index in [2.05, 4.69) is 10.0 Å². The molecule has 0 spiro atoms. The molecule has 3 aromatic rings. The van der Waals surface area contributed by atoms with Gasteiger partial charge in [-0.15, -0.1) is 0 Å². The molecule has 0 aliphatic rings. The van der Waals surface area contributed by atoms with Gasteiger partial charge >= 0.3 is 0 Å². The number of non-ortho nitro benzene ring substituents is 1. The highest BCUT2D eigenvalue weighted by atomic mass is 35.5. The Labute approximate surface area is 177 Å². The molecule has 0 aromatic heterocycles. The molecule has 0 heterocycles. The number of amides is 1. The first kappa shape index (κ1) is 21.3. The summed E-state index contributed by atoms with van der Waals surface area (Å²) in [4.78, 5) is 22.5. The molecule has 0 unspecified atom stereocenters. The maximum absolute atomic E-state index is 12.5. The zero-order valence-corrected chi connectivity index (χ0v) is 17.2. The average molecular weight is 446 g/mol. The van der Waals surface area contributed by atoms with Crippen molar-refractivity contribution in [3.63, 3.8) is 0 Å². The van der Waals surface area contributed by atoms with E-state index in [9.17, 15) is 23.3 Å². The van der Waals surface area contributed by atoms with Crippen LogP contribution in [0.4, 0.5) is 17.1 Å². The van der Waals surface area contributed by atoms with Crippen LogP contribution in [0, 0.1) is 17.0 Å². The van der Waals surface area contributed by atoms with E-state index in [-0.39, 0.29) is 16.1 Å². The van der Waals surface area contributed by atoms with E-state index in [0.29, 0.717) is 16.4 Å². The predicted octanol–water partition coefficient (Wildman–Crippen LogP) is 4.61. The van der Waals surface area contributed by atoms with Crippen LogP contribution in [0.1, 0.15) is 15.9 Å². The van der Waals surface area contributed by atoms with Crippen LogP contribution in [0.2, 0.25) is 5.02 Å². The lowest BCUT2D eigenvalue weighted by atomic mass is 10.2. The lowest BCUT2D eigenvalue weighted by molar-refractivity contribution is -0.384. The highest BCUT2D eigenvalue weighted by Gasteiger charge is 2.16. The Morgan fingerprint density at radius 3 is 2.30 bits per heavy atom. The van der Waals surface area contributed by atoms with Crippen LogP contribution in [0.5, 0.6) is 0 Å². The molecular weight excluding hydrogens is 430 g/mol. The van der Waals surface area contributed by atoms with E-state index >= 15 is 0 Å². The van der Waals surface area contributed by atoms with Crippen molar-refractivity contribution in [1.82, 2.24) is 0 Å². The Kier molecular flexibility index (Phi) is 6.04. The smallest absolute Gasteiger partial charge is 0.270 e. The van der Waals surface area contributed by atoms with Crippen LogP contribution in [0.25, 0.3) is 0 Å². The number of hydrogen-bond donors (Lipinski definition) is 2. The summed E-state index contributed by atoms with van der Waals surface area (Å²) in [5.74, 6) is -0.554. The van der Waals surface area contributed by atoms with Crippen molar-refractivity contribution >= 4 is 44.6 Å². The number of nitro groups is 1. The lowest BCUT2D eigenvalue weighted by Gasteiger charge is -2.10. The van der Waals surface area contributed by atoms with Gasteiger partial charge in [0.05, 0.1) is 15.5 Å². The summed E-state index contributed by atoms with van der Waals surface area (Å²) < 4.78 is 27.5. The van der Waals surface area contributed by atoms with E-state index in [1.54, 1.807) is 19.1 Å². The van der Waals surface area contributed by atoms with Crippen LogP contribution in [0.3, 0.4) is 0 Å². The van der Waals surface area contributed by atoms with Crippen LogP contribution in [-0.4, -0.2) is 19.2 Å². The second-order valence-electron chi connectivity index (χ2n) is 6.36. The van der Waals surface area contributed by atoms with Gasteiger partial charge in [0.15, 0.2) is 0 Å². The maximum atomic E-state index is 12.5. The lowest BCUT2D eigenvalue weighted by Crippen LogP contribution is -2.14. The van der Waals surface area contributed by atoms with Gasteiger partial charge in [0.25, 0.3) is 21.6 Å². The molecule has 8 nitrogen and oxygen atoms in total. The molecule has 0 aliphatic heterocycles. The molecule has 0 bridgehead atoms. The summed E-state index contributed by atoms with van der Waals surface area (Å²) in [6.07, 6.45) is 0. The number of aryl methyl sites for hydroxylation is 1. The number of nitrogens with one attached hydrogen (secondary N) is 2. The van der Waals surface area contributed by atoms with E-state index in [1.165, 1.54) is 48.5 Å². The maximum Gasteiger partial charge on any atom is 0.270 e. The number of benzene rings is 3. The fraction of sp³-hybridized carbons (Fsp3) is 0.0500. The minimum absolute atomic E-state index is 0.00690. The molecule has 0 atom stereocenters. The van der Waals surface area contributed by atoms with Crippen LogP contribution >= 0.6 is 11.6 Å². The van der Waals surface area contributed by atoms with E-state index in [1.807, 2.05) is 0 Å². The molecule has 0 fully saturated rings. The van der Waals surface area contributed by atoms with Crippen molar-refractivity contribution in [3.05, 3.63) is 93.0 Å². The Morgan fingerprint density at radius 2 is 1.67 bits per heavy atom. The SMILES string of the molecule is Cc1ccc(NS(=O)(=O)c2ccc(NC(=O)c3cccc([N+](=O)[O-])c3)cc2)cc1Cl. The molecule has 1 amide bonds. The van der Waals surface area contributed by atoms with Crippen molar-refractivity contribution in [2.24, 2.45) is 0 Å². The first-order valence-electron chi connectivity index (χ1n) is 8.60. The molecule has 0 saturated heterocycles. The minimum Gasteiger partial charge on any atom is -0.322 e. The Hall–Kier alpha value is -3.43. The van der Waals surface area contributed by atoms with Crippen molar-refractivity contribution in [1.29, 1.82) is 0 Å². The molecule has 3 aromatic carbocycles. The van der Waals surface area contributed by atoms with Gasteiger partial charge in [0, 0.05) is 28.4 Å². The van der Waals surface area contributed by atoms with Gasteiger partial charge in [0.2, 0.25) is 0 Å². The summed E-state index contributed by atoms with van der Waals surface area (Å²) in [6, 6.07) is 15.6. The molecular formula is C20H16ClN3O5S. The van der Waals surface area contributed by atoms with Gasteiger partial charge in [-0.1, -0.05) is 23.7 Å². The second kappa shape index (κ2) is 8.52. The quantitative estimate of drug-likeness (QED) is 0.424. The molecule has 0 saturated carbocycles. The summed E-state index contributed by atoms with van der Waals surface area (Å²) in [7, 11) is -3.85. The number of carbonyl (C=O) groups is 1. The van der Waals surface area contributed by atoms with Crippen LogP contribution in [-0.2, 0) is 10.0 Å². The first-order valence-corrected chi connectivity index (χ1v) is 10.5. The monoisotopic (exact) mass is 445 g/mol. The summed E-state index contributed by atoms with van der Waals surface area (Å²) >= 11 is 6.02. The summed E-state index contributed by atoms with van der Waals surface area (Å²) in [5.41, 5.74) is 1.39.